The predicted octanol–water partition coefficient (Wildman–Crippen LogP) is 2.54. The summed E-state index contributed by atoms with van der Waals surface area (Å²) < 4.78 is 5.32. The van der Waals surface area contributed by atoms with Gasteiger partial charge in [-0.3, -0.25) is 4.79 Å². The molecule has 2 fully saturated rings. The zero-order valence-electron chi connectivity index (χ0n) is 14.3. The molecule has 1 aliphatic heterocycles. The number of amides is 1. The second kappa shape index (κ2) is 7.17. The molecular weight excluding hydrogens is 336 g/mol. The molecule has 1 amide bonds. The van der Waals surface area contributed by atoms with Gasteiger partial charge in [-0.25, -0.2) is 9.97 Å². The number of rotatable bonds is 5. The Morgan fingerprint density at radius 1 is 1.28 bits per heavy atom. The quantitative estimate of drug-likeness (QED) is 0.654. The monoisotopic (exact) mass is 358 g/mol. The van der Waals surface area contributed by atoms with Crippen molar-refractivity contribution < 1.29 is 9.53 Å². The van der Waals surface area contributed by atoms with Crippen LogP contribution in [0.25, 0.3) is 10.9 Å². The predicted molar refractivity (Wildman–Crippen MR) is 98.9 cm³/mol. The maximum Gasteiger partial charge on any atom is 0.236 e. The van der Waals surface area contributed by atoms with Gasteiger partial charge in [0.1, 0.15) is 5.82 Å². The van der Waals surface area contributed by atoms with E-state index >= 15 is 0 Å². The summed E-state index contributed by atoms with van der Waals surface area (Å²) in [6, 6.07) is 8.53. The Bertz CT molecular complexity index is 775. The van der Waals surface area contributed by atoms with Crippen molar-refractivity contribution in [2.24, 2.45) is 0 Å². The molecule has 2 heterocycles. The van der Waals surface area contributed by atoms with E-state index in [1.54, 1.807) is 0 Å². The van der Waals surface area contributed by atoms with Gasteiger partial charge < -0.3 is 15.0 Å². The third kappa shape index (κ3) is 3.88. The minimum atomic E-state index is -0.215. The number of benzene rings is 1. The Hall–Kier alpha value is -1.86. The number of hydrogen-bond donors (Lipinski definition) is 1. The van der Waals surface area contributed by atoms with Crippen LogP contribution in [0, 0.1) is 0 Å². The first kappa shape index (κ1) is 16.6. The second-order valence-corrected chi connectivity index (χ2v) is 7.80. The van der Waals surface area contributed by atoms with E-state index in [0.29, 0.717) is 37.5 Å². The first-order valence-electron chi connectivity index (χ1n) is 8.77. The lowest BCUT2D eigenvalue weighted by Crippen LogP contribution is -2.44. The van der Waals surface area contributed by atoms with Crippen molar-refractivity contribution in [2.75, 3.05) is 31.6 Å². The molecule has 1 aromatic carbocycles. The number of nitrogens with zero attached hydrogens (tertiary/aromatic N) is 3. The van der Waals surface area contributed by atoms with Crippen molar-refractivity contribution in [3.63, 3.8) is 0 Å². The van der Waals surface area contributed by atoms with E-state index in [2.05, 4.69) is 10.3 Å². The summed E-state index contributed by atoms with van der Waals surface area (Å²) in [4.78, 5) is 23.8. The smallest absolute Gasteiger partial charge is 0.236 e. The molecular formula is C18H22N4O2S. The lowest BCUT2D eigenvalue weighted by atomic mass is 10.2. The van der Waals surface area contributed by atoms with Crippen LogP contribution in [0.3, 0.4) is 0 Å². The maximum absolute atomic E-state index is 12.6. The van der Waals surface area contributed by atoms with E-state index in [1.807, 2.05) is 36.1 Å². The number of anilines is 1. The fourth-order valence-electron chi connectivity index (χ4n) is 2.89. The van der Waals surface area contributed by atoms with Crippen LogP contribution >= 0.6 is 11.8 Å². The molecule has 1 N–H and O–H groups in total. The van der Waals surface area contributed by atoms with Gasteiger partial charge in [0.25, 0.3) is 0 Å². The number of ether oxygens (including phenoxy) is 1. The molecule has 2 aromatic rings. The molecule has 0 bridgehead atoms. The van der Waals surface area contributed by atoms with Gasteiger partial charge in [0.15, 0.2) is 5.16 Å². The first-order valence-corrected chi connectivity index (χ1v) is 9.65. The SMILES string of the molecule is CC(Sc1nc(NC2CC2)c2ccccc2n1)C(=O)N1CCOCC1. The molecule has 132 valence electrons. The van der Waals surface area contributed by atoms with Crippen molar-refractivity contribution in [2.45, 2.75) is 36.2 Å². The zero-order chi connectivity index (χ0) is 17.2. The average molecular weight is 358 g/mol. The summed E-state index contributed by atoms with van der Waals surface area (Å²) in [5.74, 6) is 1.00. The van der Waals surface area contributed by atoms with Crippen LogP contribution in [-0.4, -0.2) is 58.4 Å². The highest BCUT2D eigenvalue weighted by Gasteiger charge is 2.26. The summed E-state index contributed by atoms with van der Waals surface area (Å²) in [6.45, 7) is 4.48. The van der Waals surface area contributed by atoms with Crippen LogP contribution in [0.5, 0.6) is 0 Å². The number of para-hydroxylation sites is 1. The molecule has 1 aliphatic carbocycles. The lowest BCUT2D eigenvalue weighted by Gasteiger charge is -2.28. The zero-order valence-corrected chi connectivity index (χ0v) is 15.1. The van der Waals surface area contributed by atoms with E-state index in [9.17, 15) is 4.79 Å². The molecule has 1 aromatic heterocycles. The minimum absolute atomic E-state index is 0.127. The van der Waals surface area contributed by atoms with Gasteiger partial charge in [0.05, 0.1) is 24.0 Å². The number of thioether (sulfide) groups is 1. The number of aromatic nitrogens is 2. The van der Waals surface area contributed by atoms with E-state index in [-0.39, 0.29) is 11.2 Å². The van der Waals surface area contributed by atoms with Gasteiger partial charge in [-0.2, -0.15) is 0 Å². The van der Waals surface area contributed by atoms with Crippen LogP contribution < -0.4 is 5.32 Å². The van der Waals surface area contributed by atoms with Crippen molar-refractivity contribution in [1.29, 1.82) is 0 Å². The number of carbonyl (C=O) groups is 1. The van der Waals surface area contributed by atoms with Gasteiger partial charge in [0.2, 0.25) is 5.91 Å². The van der Waals surface area contributed by atoms with Crippen LogP contribution in [0.4, 0.5) is 5.82 Å². The molecule has 6 nitrogen and oxygen atoms in total. The fraction of sp³-hybridized carbons (Fsp3) is 0.500. The number of carbonyl (C=O) groups excluding carboxylic acids is 1. The minimum Gasteiger partial charge on any atom is -0.378 e. The molecule has 1 unspecified atom stereocenters. The van der Waals surface area contributed by atoms with Crippen molar-refractivity contribution in [3.8, 4) is 0 Å². The van der Waals surface area contributed by atoms with Gasteiger partial charge >= 0.3 is 0 Å². The van der Waals surface area contributed by atoms with Gasteiger partial charge in [-0.15, -0.1) is 0 Å². The van der Waals surface area contributed by atoms with E-state index in [4.69, 9.17) is 9.72 Å². The maximum atomic E-state index is 12.6. The van der Waals surface area contributed by atoms with Crippen LogP contribution in [0.1, 0.15) is 19.8 Å². The molecule has 0 radical (unpaired) electrons. The second-order valence-electron chi connectivity index (χ2n) is 6.49. The average Bonchev–Trinajstić information content (AvgIpc) is 3.46. The van der Waals surface area contributed by atoms with Crippen molar-refractivity contribution >= 4 is 34.4 Å². The molecule has 25 heavy (non-hydrogen) atoms. The number of morpholine rings is 1. The summed E-state index contributed by atoms with van der Waals surface area (Å²) in [5, 5.41) is 4.96. The van der Waals surface area contributed by atoms with Crippen LogP contribution in [0.15, 0.2) is 29.4 Å². The molecule has 2 aliphatic rings. The Morgan fingerprint density at radius 3 is 2.80 bits per heavy atom. The summed E-state index contributed by atoms with van der Waals surface area (Å²) >= 11 is 1.43. The standard InChI is InChI=1S/C18H22N4O2S/c1-12(17(23)22-8-10-24-11-9-22)25-18-20-15-5-3-2-4-14(15)16(21-18)19-13-6-7-13/h2-5,12-13H,6-11H2,1H3,(H,19,20,21). The summed E-state index contributed by atoms with van der Waals surface area (Å²) in [6.07, 6.45) is 2.37. The molecule has 1 saturated carbocycles. The highest BCUT2D eigenvalue weighted by atomic mass is 32.2. The number of nitrogens with one attached hydrogen (secondary N) is 1. The summed E-state index contributed by atoms with van der Waals surface area (Å²) in [5.41, 5.74) is 0.911. The molecule has 7 heteroatoms. The van der Waals surface area contributed by atoms with Crippen LogP contribution in [0.2, 0.25) is 0 Å². The molecule has 4 rings (SSSR count). The number of fused-ring (bicyclic) bond motifs is 1. The third-order valence-corrected chi connectivity index (χ3v) is 5.40. The molecule has 1 atom stereocenters. The van der Waals surface area contributed by atoms with Gasteiger partial charge in [-0.05, 0) is 31.9 Å². The Kier molecular flexibility index (Phi) is 4.76. The molecule has 0 spiro atoms. The van der Waals surface area contributed by atoms with E-state index in [0.717, 1.165) is 16.7 Å². The molecule has 1 saturated heterocycles. The van der Waals surface area contributed by atoms with E-state index in [1.165, 1.54) is 24.6 Å². The van der Waals surface area contributed by atoms with Crippen molar-refractivity contribution in [3.05, 3.63) is 24.3 Å². The lowest BCUT2D eigenvalue weighted by molar-refractivity contribution is -0.134. The topological polar surface area (TPSA) is 67.4 Å². The van der Waals surface area contributed by atoms with Gasteiger partial charge in [-0.1, -0.05) is 23.9 Å². The largest absolute Gasteiger partial charge is 0.378 e. The third-order valence-electron chi connectivity index (χ3n) is 4.45. The van der Waals surface area contributed by atoms with Crippen molar-refractivity contribution in [1.82, 2.24) is 14.9 Å². The van der Waals surface area contributed by atoms with Crippen LogP contribution in [-0.2, 0) is 9.53 Å². The first-order chi connectivity index (χ1) is 12.2. The highest BCUT2D eigenvalue weighted by molar-refractivity contribution is 8.00. The van der Waals surface area contributed by atoms with E-state index < -0.39 is 0 Å². The Balaban J connectivity index is 1.54. The Morgan fingerprint density at radius 2 is 2.04 bits per heavy atom. The normalized spacial score (nSPS) is 19.0. The number of hydrogen-bond acceptors (Lipinski definition) is 6. The van der Waals surface area contributed by atoms with Gasteiger partial charge in [0, 0.05) is 24.5 Å². The summed E-state index contributed by atoms with van der Waals surface area (Å²) in [7, 11) is 0. The highest BCUT2D eigenvalue weighted by Crippen LogP contribution is 2.31. The Labute approximate surface area is 151 Å². The fourth-order valence-corrected chi connectivity index (χ4v) is 3.75.